The quantitative estimate of drug-likeness (QED) is 0.372. The SMILES string of the molecule is CCOC(=O)CN1CCN(CC2CN(c3ccc(C(=N)N)cc3)C(=O)O2)CC1=O. The first-order chi connectivity index (χ1) is 13.9. The molecule has 0 spiro atoms. The Morgan fingerprint density at radius 3 is 2.62 bits per heavy atom. The fourth-order valence-corrected chi connectivity index (χ4v) is 3.38. The Morgan fingerprint density at radius 1 is 1.28 bits per heavy atom. The number of carbonyl (C=O) groups excluding carboxylic acids is 3. The van der Waals surface area contributed by atoms with E-state index in [1.54, 1.807) is 31.2 Å². The van der Waals surface area contributed by atoms with Gasteiger partial charge in [0.05, 0.1) is 19.7 Å². The number of ether oxygens (including phenoxy) is 2. The van der Waals surface area contributed by atoms with E-state index >= 15 is 0 Å². The van der Waals surface area contributed by atoms with Crippen molar-refractivity contribution in [2.45, 2.75) is 13.0 Å². The van der Waals surface area contributed by atoms with Gasteiger partial charge in [0.1, 0.15) is 18.5 Å². The minimum Gasteiger partial charge on any atom is -0.465 e. The van der Waals surface area contributed by atoms with Crippen molar-refractivity contribution < 1.29 is 23.9 Å². The standard InChI is InChI=1S/C19H25N5O5/c1-2-28-17(26)12-23-8-7-22(11-16(23)25)9-15-10-24(19(27)29-15)14-5-3-13(4-6-14)18(20)21/h3-6,15H,2,7-12H2,1H3,(H3,20,21). The number of nitrogens with two attached hydrogens (primary N) is 1. The molecule has 29 heavy (non-hydrogen) atoms. The maximum absolute atomic E-state index is 12.3. The third kappa shape index (κ3) is 5.02. The number of amidine groups is 1. The van der Waals surface area contributed by atoms with Gasteiger partial charge in [-0.1, -0.05) is 0 Å². The zero-order valence-electron chi connectivity index (χ0n) is 16.3. The molecule has 2 saturated heterocycles. The Balaban J connectivity index is 1.52. The van der Waals surface area contributed by atoms with E-state index in [-0.39, 0.29) is 37.5 Å². The Kier molecular flexibility index (Phi) is 6.32. The average molecular weight is 403 g/mol. The van der Waals surface area contributed by atoms with Crippen molar-refractivity contribution in [3.8, 4) is 0 Å². The summed E-state index contributed by atoms with van der Waals surface area (Å²) in [5, 5.41) is 7.43. The molecule has 2 aliphatic heterocycles. The highest BCUT2D eigenvalue weighted by molar-refractivity contribution is 5.96. The lowest BCUT2D eigenvalue weighted by Crippen LogP contribution is -2.53. The van der Waals surface area contributed by atoms with Crippen LogP contribution < -0.4 is 10.6 Å². The molecule has 0 aliphatic carbocycles. The molecule has 0 radical (unpaired) electrons. The number of rotatable bonds is 7. The third-order valence-electron chi connectivity index (χ3n) is 4.85. The van der Waals surface area contributed by atoms with Crippen LogP contribution in [0.25, 0.3) is 0 Å². The van der Waals surface area contributed by atoms with E-state index in [0.29, 0.717) is 37.4 Å². The number of carbonyl (C=O) groups is 3. The van der Waals surface area contributed by atoms with Gasteiger partial charge < -0.3 is 20.1 Å². The van der Waals surface area contributed by atoms with Crippen LogP contribution in [0.15, 0.2) is 24.3 Å². The highest BCUT2D eigenvalue weighted by atomic mass is 16.6. The van der Waals surface area contributed by atoms with Gasteiger partial charge in [-0.2, -0.15) is 0 Å². The van der Waals surface area contributed by atoms with E-state index in [0.717, 1.165) is 0 Å². The first-order valence-corrected chi connectivity index (χ1v) is 9.45. The van der Waals surface area contributed by atoms with Gasteiger partial charge in [-0.25, -0.2) is 4.79 Å². The molecule has 3 rings (SSSR count). The average Bonchev–Trinajstić information content (AvgIpc) is 3.04. The molecule has 10 heteroatoms. The molecule has 1 aromatic carbocycles. The minimum absolute atomic E-state index is 0.0369. The summed E-state index contributed by atoms with van der Waals surface area (Å²) in [5.74, 6) is -0.596. The highest BCUT2D eigenvalue weighted by Gasteiger charge is 2.35. The van der Waals surface area contributed by atoms with Gasteiger partial charge in [0.2, 0.25) is 5.91 Å². The second-order valence-electron chi connectivity index (χ2n) is 6.93. The van der Waals surface area contributed by atoms with Crippen molar-refractivity contribution >= 4 is 29.5 Å². The highest BCUT2D eigenvalue weighted by Crippen LogP contribution is 2.23. The molecule has 156 valence electrons. The number of nitrogen functional groups attached to an aromatic ring is 1. The number of benzene rings is 1. The van der Waals surface area contributed by atoms with Crippen molar-refractivity contribution in [2.24, 2.45) is 5.73 Å². The Bertz CT molecular complexity index is 797. The zero-order chi connectivity index (χ0) is 21.0. The molecule has 0 bridgehead atoms. The molecule has 1 aromatic rings. The molecule has 0 saturated carbocycles. The number of nitrogens with one attached hydrogen (secondary N) is 1. The fraction of sp³-hybridized carbons (Fsp3) is 0.474. The monoisotopic (exact) mass is 403 g/mol. The van der Waals surface area contributed by atoms with Crippen LogP contribution in [0.2, 0.25) is 0 Å². The Labute approximate surface area is 168 Å². The summed E-state index contributed by atoms with van der Waals surface area (Å²) in [7, 11) is 0. The molecule has 2 amide bonds. The number of hydrogen-bond acceptors (Lipinski definition) is 7. The van der Waals surface area contributed by atoms with Crippen molar-refractivity contribution in [3.05, 3.63) is 29.8 Å². The third-order valence-corrected chi connectivity index (χ3v) is 4.85. The number of anilines is 1. The van der Waals surface area contributed by atoms with Crippen LogP contribution >= 0.6 is 0 Å². The largest absolute Gasteiger partial charge is 0.465 e. The van der Waals surface area contributed by atoms with Crippen LogP contribution in [-0.2, 0) is 19.1 Å². The second-order valence-corrected chi connectivity index (χ2v) is 6.93. The predicted octanol–water partition coefficient (Wildman–Crippen LogP) is 0.00317. The lowest BCUT2D eigenvalue weighted by atomic mass is 10.2. The predicted molar refractivity (Wildman–Crippen MR) is 105 cm³/mol. The van der Waals surface area contributed by atoms with Gasteiger partial charge in [0.15, 0.2) is 0 Å². The second kappa shape index (κ2) is 8.91. The van der Waals surface area contributed by atoms with Gasteiger partial charge in [-0.15, -0.1) is 0 Å². The molecule has 1 unspecified atom stereocenters. The van der Waals surface area contributed by atoms with Crippen molar-refractivity contribution in [1.29, 1.82) is 5.41 Å². The van der Waals surface area contributed by atoms with Crippen LogP contribution in [0.5, 0.6) is 0 Å². The number of piperazine rings is 1. The first kappa shape index (κ1) is 20.6. The summed E-state index contributed by atoms with van der Waals surface area (Å²) in [5.41, 5.74) is 6.69. The zero-order valence-corrected chi connectivity index (χ0v) is 16.3. The topological polar surface area (TPSA) is 129 Å². The molecule has 10 nitrogen and oxygen atoms in total. The van der Waals surface area contributed by atoms with Gasteiger partial charge >= 0.3 is 12.1 Å². The number of cyclic esters (lactones) is 1. The number of hydrogen-bond donors (Lipinski definition) is 2. The number of esters is 1. The van der Waals surface area contributed by atoms with Gasteiger partial charge in [0.25, 0.3) is 0 Å². The molecule has 3 N–H and O–H groups in total. The summed E-state index contributed by atoms with van der Waals surface area (Å²) < 4.78 is 10.3. The number of amides is 2. The van der Waals surface area contributed by atoms with Crippen LogP contribution in [0.4, 0.5) is 10.5 Å². The van der Waals surface area contributed by atoms with E-state index in [9.17, 15) is 14.4 Å². The summed E-state index contributed by atoms with van der Waals surface area (Å²) in [4.78, 5) is 41.0. The molecule has 1 atom stereocenters. The molecule has 2 fully saturated rings. The van der Waals surface area contributed by atoms with Gasteiger partial charge in [-0.3, -0.25) is 24.8 Å². The van der Waals surface area contributed by atoms with Crippen molar-refractivity contribution in [2.75, 3.05) is 50.8 Å². The van der Waals surface area contributed by atoms with Crippen molar-refractivity contribution in [1.82, 2.24) is 9.80 Å². The first-order valence-electron chi connectivity index (χ1n) is 9.45. The van der Waals surface area contributed by atoms with E-state index in [2.05, 4.69) is 0 Å². The van der Waals surface area contributed by atoms with E-state index in [4.69, 9.17) is 20.6 Å². The summed E-state index contributed by atoms with van der Waals surface area (Å²) >= 11 is 0. The molecular formula is C19H25N5O5. The summed E-state index contributed by atoms with van der Waals surface area (Å²) in [6.07, 6.45) is -0.808. The van der Waals surface area contributed by atoms with Gasteiger partial charge in [-0.05, 0) is 31.2 Å². The van der Waals surface area contributed by atoms with E-state index < -0.39 is 12.1 Å². The summed E-state index contributed by atoms with van der Waals surface area (Å²) in [6, 6.07) is 6.80. The number of nitrogens with zero attached hydrogens (tertiary/aromatic N) is 3. The maximum atomic E-state index is 12.3. The normalized spacial score (nSPS) is 20.0. The minimum atomic E-state index is -0.446. The van der Waals surface area contributed by atoms with Crippen molar-refractivity contribution in [3.63, 3.8) is 0 Å². The molecule has 2 aliphatic rings. The smallest absolute Gasteiger partial charge is 0.414 e. The molecule has 2 heterocycles. The van der Waals surface area contributed by atoms with E-state index in [1.165, 1.54) is 9.80 Å². The lowest BCUT2D eigenvalue weighted by Gasteiger charge is -2.34. The molecule has 0 aromatic heterocycles. The fourth-order valence-electron chi connectivity index (χ4n) is 3.38. The van der Waals surface area contributed by atoms with E-state index in [1.807, 2.05) is 4.90 Å². The molecular weight excluding hydrogens is 378 g/mol. The Morgan fingerprint density at radius 2 is 2.00 bits per heavy atom. The van der Waals surface area contributed by atoms with Crippen LogP contribution in [-0.4, -0.2) is 85.6 Å². The Hall–Kier alpha value is -3.14. The van der Waals surface area contributed by atoms with Crippen LogP contribution in [0.3, 0.4) is 0 Å². The van der Waals surface area contributed by atoms with Crippen LogP contribution in [0.1, 0.15) is 12.5 Å². The summed E-state index contributed by atoms with van der Waals surface area (Å²) in [6.45, 7) is 3.96. The lowest BCUT2D eigenvalue weighted by molar-refractivity contribution is -0.151. The van der Waals surface area contributed by atoms with Gasteiger partial charge in [0, 0.05) is 30.9 Å². The maximum Gasteiger partial charge on any atom is 0.414 e. The van der Waals surface area contributed by atoms with Crippen LogP contribution in [0, 0.1) is 5.41 Å².